The van der Waals surface area contributed by atoms with E-state index in [4.69, 9.17) is 30.8 Å². The highest BCUT2D eigenvalue weighted by Crippen LogP contribution is 2.38. The first-order valence-electron chi connectivity index (χ1n) is 12.7. The fourth-order valence-electron chi connectivity index (χ4n) is 4.85. The molecule has 1 fully saturated rings. The van der Waals surface area contributed by atoms with Gasteiger partial charge in [-0.25, -0.2) is 4.98 Å². The molecule has 5 aromatic rings. The van der Waals surface area contributed by atoms with Crippen LogP contribution in [0.25, 0.3) is 34.4 Å². The summed E-state index contributed by atoms with van der Waals surface area (Å²) >= 11 is 6.15. The molecule has 1 saturated heterocycles. The van der Waals surface area contributed by atoms with Crippen molar-refractivity contribution in [2.75, 3.05) is 20.3 Å². The maximum absolute atomic E-state index is 6.26. The van der Waals surface area contributed by atoms with Crippen molar-refractivity contribution in [1.29, 1.82) is 0 Å². The number of halogens is 1. The minimum Gasteiger partial charge on any atom is -0.497 e. The van der Waals surface area contributed by atoms with Crippen LogP contribution in [0.15, 0.2) is 72.8 Å². The highest BCUT2D eigenvalue weighted by Gasteiger charge is 2.38. The lowest BCUT2D eigenvalue weighted by molar-refractivity contribution is -0.170. The number of aromatic amines is 1. The third kappa shape index (κ3) is 5.40. The van der Waals surface area contributed by atoms with E-state index in [2.05, 4.69) is 32.8 Å². The van der Waals surface area contributed by atoms with Crippen LogP contribution in [-0.4, -0.2) is 45.9 Å². The number of nitrogens with one attached hydrogen (secondary N) is 1. The summed E-state index contributed by atoms with van der Waals surface area (Å²) in [5.41, 5.74) is 5.62. The molecule has 6 rings (SSSR count). The number of tetrazole rings is 1. The molecule has 1 aliphatic rings. The summed E-state index contributed by atoms with van der Waals surface area (Å²) in [6, 6.07) is 23.9. The molecule has 0 radical (unpaired) electrons. The molecule has 0 aliphatic carbocycles. The average Bonchev–Trinajstić information content (AvgIpc) is 3.68. The lowest BCUT2D eigenvalue weighted by Gasteiger charge is -2.28. The molecule has 8 nitrogen and oxygen atoms in total. The summed E-state index contributed by atoms with van der Waals surface area (Å²) in [4.78, 5) is 4.72. The number of aryl methyl sites for hydroxylation is 1. The Morgan fingerprint density at radius 2 is 1.87 bits per heavy atom. The highest BCUT2D eigenvalue weighted by atomic mass is 35.5. The second kappa shape index (κ2) is 10.9. The van der Waals surface area contributed by atoms with E-state index in [9.17, 15) is 0 Å². The first-order chi connectivity index (χ1) is 19.1. The van der Waals surface area contributed by atoms with Gasteiger partial charge in [0, 0.05) is 28.0 Å². The third-order valence-corrected chi connectivity index (χ3v) is 7.06. The van der Waals surface area contributed by atoms with Gasteiger partial charge in [0.05, 0.1) is 31.5 Å². The van der Waals surface area contributed by atoms with Crippen molar-refractivity contribution in [1.82, 2.24) is 25.6 Å². The SMILES string of the molecule is COc1ccc(CCC2(c3cccc(/C=C/c4ccc5ccc(Cl)cc5n4)c3)OCCO2)c(-c2nn[nH]n2)c1. The molecular formula is C30H26ClN5O3. The number of hydrogen-bond acceptors (Lipinski definition) is 7. The number of rotatable bonds is 8. The normalized spacial score (nSPS) is 14.8. The van der Waals surface area contributed by atoms with Gasteiger partial charge in [-0.2, -0.15) is 5.21 Å². The lowest BCUT2D eigenvalue weighted by Crippen LogP contribution is -2.28. The molecule has 9 heteroatoms. The quantitative estimate of drug-likeness (QED) is 0.255. The molecule has 1 N–H and O–H groups in total. The van der Waals surface area contributed by atoms with E-state index in [0.717, 1.165) is 44.6 Å². The number of benzene rings is 3. The Kier molecular flexibility index (Phi) is 7.06. The van der Waals surface area contributed by atoms with Gasteiger partial charge in [-0.1, -0.05) is 54.1 Å². The van der Waals surface area contributed by atoms with Crippen LogP contribution in [-0.2, 0) is 21.7 Å². The van der Waals surface area contributed by atoms with E-state index in [-0.39, 0.29) is 0 Å². The summed E-state index contributed by atoms with van der Waals surface area (Å²) in [6.07, 6.45) is 5.33. The van der Waals surface area contributed by atoms with E-state index in [0.29, 0.717) is 36.9 Å². The molecule has 0 bridgehead atoms. The van der Waals surface area contributed by atoms with Gasteiger partial charge in [-0.3, -0.25) is 0 Å². The van der Waals surface area contributed by atoms with E-state index in [1.54, 1.807) is 7.11 Å². The zero-order valence-corrected chi connectivity index (χ0v) is 22.1. The molecule has 0 spiro atoms. The third-order valence-electron chi connectivity index (χ3n) is 6.83. The van der Waals surface area contributed by atoms with Crippen molar-refractivity contribution in [3.8, 4) is 17.1 Å². The van der Waals surface area contributed by atoms with Crippen LogP contribution in [0.4, 0.5) is 0 Å². The van der Waals surface area contributed by atoms with Gasteiger partial charge in [0.15, 0.2) is 5.79 Å². The zero-order valence-electron chi connectivity index (χ0n) is 21.3. The van der Waals surface area contributed by atoms with Gasteiger partial charge in [-0.05, 0) is 65.2 Å². The first-order valence-corrected chi connectivity index (χ1v) is 13.0. The Morgan fingerprint density at radius 1 is 1.00 bits per heavy atom. The number of nitrogens with zero attached hydrogens (tertiary/aromatic N) is 4. The van der Waals surface area contributed by atoms with Crippen molar-refractivity contribution >= 4 is 34.7 Å². The summed E-state index contributed by atoms with van der Waals surface area (Å²) in [7, 11) is 1.64. The number of pyridine rings is 1. The molecule has 0 amide bonds. The van der Waals surface area contributed by atoms with Gasteiger partial charge < -0.3 is 14.2 Å². The fraction of sp³-hybridized carbons (Fsp3) is 0.200. The van der Waals surface area contributed by atoms with Gasteiger partial charge in [-0.15, -0.1) is 10.2 Å². The summed E-state index contributed by atoms with van der Waals surface area (Å²) < 4.78 is 17.9. The molecule has 0 unspecified atom stereocenters. The predicted octanol–water partition coefficient (Wildman–Crippen LogP) is 6.08. The lowest BCUT2D eigenvalue weighted by atomic mass is 9.94. The van der Waals surface area contributed by atoms with E-state index < -0.39 is 5.79 Å². The van der Waals surface area contributed by atoms with Crippen LogP contribution >= 0.6 is 11.6 Å². The van der Waals surface area contributed by atoms with Crippen LogP contribution in [0.2, 0.25) is 5.02 Å². The van der Waals surface area contributed by atoms with Gasteiger partial charge in [0.1, 0.15) is 5.75 Å². The van der Waals surface area contributed by atoms with E-state index in [1.165, 1.54) is 0 Å². The van der Waals surface area contributed by atoms with Crippen LogP contribution in [0.1, 0.15) is 28.8 Å². The summed E-state index contributed by atoms with van der Waals surface area (Å²) in [5, 5.41) is 16.3. The number of ether oxygens (including phenoxy) is 3. The molecule has 0 atom stereocenters. The Morgan fingerprint density at radius 3 is 2.69 bits per heavy atom. The number of methoxy groups -OCH3 is 1. The predicted molar refractivity (Wildman–Crippen MR) is 150 cm³/mol. The Labute approximate surface area is 230 Å². The molecule has 196 valence electrons. The summed E-state index contributed by atoms with van der Waals surface area (Å²) in [5.74, 6) is 0.393. The van der Waals surface area contributed by atoms with Crippen molar-refractivity contribution in [2.24, 2.45) is 0 Å². The molecular weight excluding hydrogens is 514 g/mol. The standard InChI is InChI=1S/C30H26ClN5O3/c1-37-26-12-8-21(27(19-26)29-33-35-36-34-29)13-14-30(38-15-16-39-30)23-4-2-3-20(17-23)5-10-25-11-7-22-6-9-24(31)18-28(22)32-25/h2-12,17-19H,13-16H2,1H3,(H,33,34,35,36)/b10-5+. The Balaban J connectivity index is 1.25. The zero-order chi connectivity index (χ0) is 26.7. The highest BCUT2D eigenvalue weighted by molar-refractivity contribution is 6.31. The number of fused-ring (bicyclic) bond motifs is 1. The molecule has 3 heterocycles. The second-order valence-corrected chi connectivity index (χ2v) is 9.68. The number of hydrogen-bond donors (Lipinski definition) is 1. The van der Waals surface area contributed by atoms with Gasteiger partial charge >= 0.3 is 0 Å². The van der Waals surface area contributed by atoms with Crippen molar-refractivity contribution in [3.05, 3.63) is 100 Å². The molecule has 1 aliphatic heterocycles. The van der Waals surface area contributed by atoms with Crippen LogP contribution in [0.3, 0.4) is 0 Å². The molecule has 3 aromatic carbocycles. The minimum atomic E-state index is -0.851. The largest absolute Gasteiger partial charge is 0.497 e. The summed E-state index contributed by atoms with van der Waals surface area (Å²) in [6.45, 7) is 1.06. The van der Waals surface area contributed by atoms with E-state index in [1.807, 2.05) is 72.8 Å². The Bertz CT molecular complexity index is 1630. The van der Waals surface area contributed by atoms with Gasteiger partial charge in [0.25, 0.3) is 0 Å². The number of H-pyrrole nitrogens is 1. The van der Waals surface area contributed by atoms with Crippen molar-refractivity contribution in [3.63, 3.8) is 0 Å². The maximum atomic E-state index is 6.26. The molecule has 0 saturated carbocycles. The smallest absolute Gasteiger partial charge is 0.205 e. The molecule has 2 aromatic heterocycles. The topological polar surface area (TPSA) is 95.0 Å². The average molecular weight is 540 g/mol. The Hall–Kier alpha value is -4.11. The van der Waals surface area contributed by atoms with Crippen molar-refractivity contribution in [2.45, 2.75) is 18.6 Å². The monoisotopic (exact) mass is 539 g/mol. The van der Waals surface area contributed by atoms with Crippen LogP contribution in [0.5, 0.6) is 5.75 Å². The molecule has 39 heavy (non-hydrogen) atoms. The minimum absolute atomic E-state index is 0.517. The van der Waals surface area contributed by atoms with E-state index >= 15 is 0 Å². The van der Waals surface area contributed by atoms with Crippen LogP contribution < -0.4 is 4.74 Å². The fourth-order valence-corrected chi connectivity index (χ4v) is 5.02. The van der Waals surface area contributed by atoms with Crippen molar-refractivity contribution < 1.29 is 14.2 Å². The van der Waals surface area contributed by atoms with Gasteiger partial charge in [0.2, 0.25) is 5.82 Å². The number of aromatic nitrogens is 5. The maximum Gasteiger partial charge on any atom is 0.205 e. The second-order valence-electron chi connectivity index (χ2n) is 9.24. The first kappa shape index (κ1) is 25.2. The van der Waals surface area contributed by atoms with Crippen LogP contribution in [0, 0.1) is 0 Å².